The molecule has 0 bridgehead atoms. The normalized spacial score (nSPS) is 12.8. The van der Waals surface area contributed by atoms with Crippen molar-refractivity contribution in [1.82, 2.24) is 15.1 Å². The Labute approximate surface area is 134 Å². The summed E-state index contributed by atoms with van der Waals surface area (Å²) in [6.45, 7) is 6.83. The fourth-order valence-corrected chi connectivity index (χ4v) is 2.78. The average molecular weight is 316 g/mol. The maximum atomic E-state index is 6.37. The summed E-state index contributed by atoms with van der Waals surface area (Å²) >= 11 is 6.37. The van der Waals surface area contributed by atoms with Crippen LogP contribution in [-0.2, 0) is 11.3 Å². The van der Waals surface area contributed by atoms with E-state index in [0.29, 0.717) is 6.61 Å². The van der Waals surface area contributed by atoms with Crippen molar-refractivity contribution in [3.8, 4) is 0 Å². The van der Waals surface area contributed by atoms with Gasteiger partial charge in [0.05, 0.1) is 36.1 Å². The molecule has 5 heteroatoms. The quantitative estimate of drug-likeness (QED) is 0.588. The molecule has 1 rings (SSSR count). The monoisotopic (exact) mass is 315 g/mol. The van der Waals surface area contributed by atoms with Gasteiger partial charge in [0.25, 0.3) is 0 Å². The standard InChI is InChI=1S/C16H30ClN3O/c1-4-6-7-8-9-15(18-10-5-2)16-14(17)13-19-20(16)11-12-21-3/h13,15,18H,4-12H2,1-3H3. The molecule has 1 aromatic rings. The number of nitrogens with one attached hydrogen (secondary N) is 1. The van der Waals surface area contributed by atoms with E-state index in [1.165, 1.54) is 25.7 Å². The minimum Gasteiger partial charge on any atom is -0.383 e. The van der Waals surface area contributed by atoms with E-state index in [-0.39, 0.29) is 6.04 Å². The molecule has 0 amide bonds. The zero-order valence-electron chi connectivity index (χ0n) is 13.7. The summed E-state index contributed by atoms with van der Waals surface area (Å²) in [4.78, 5) is 0. The van der Waals surface area contributed by atoms with Crippen LogP contribution in [0.3, 0.4) is 0 Å². The lowest BCUT2D eigenvalue weighted by Gasteiger charge is -2.20. The maximum Gasteiger partial charge on any atom is 0.0834 e. The van der Waals surface area contributed by atoms with Gasteiger partial charge in [-0.3, -0.25) is 4.68 Å². The van der Waals surface area contributed by atoms with Crippen LogP contribution < -0.4 is 5.32 Å². The maximum absolute atomic E-state index is 6.37. The van der Waals surface area contributed by atoms with Gasteiger partial charge in [-0.2, -0.15) is 5.10 Å². The molecule has 0 aliphatic carbocycles. The first-order valence-corrected chi connectivity index (χ1v) is 8.55. The number of aromatic nitrogens is 2. The zero-order valence-corrected chi connectivity index (χ0v) is 14.5. The van der Waals surface area contributed by atoms with Gasteiger partial charge in [-0.25, -0.2) is 0 Å². The van der Waals surface area contributed by atoms with Crippen LogP contribution >= 0.6 is 11.6 Å². The van der Waals surface area contributed by atoms with Gasteiger partial charge in [-0.1, -0.05) is 51.1 Å². The van der Waals surface area contributed by atoms with Crippen molar-refractivity contribution in [2.45, 2.75) is 65.0 Å². The minimum atomic E-state index is 0.286. The molecule has 1 aromatic heterocycles. The Bertz CT molecular complexity index is 382. The van der Waals surface area contributed by atoms with Crippen molar-refractivity contribution < 1.29 is 4.74 Å². The van der Waals surface area contributed by atoms with E-state index < -0.39 is 0 Å². The molecule has 1 N–H and O–H groups in total. The fraction of sp³-hybridized carbons (Fsp3) is 0.812. The van der Waals surface area contributed by atoms with Gasteiger partial charge in [0.2, 0.25) is 0 Å². The molecule has 21 heavy (non-hydrogen) atoms. The second-order valence-corrected chi connectivity index (χ2v) is 5.86. The van der Waals surface area contributed by atoms with Crippen molar-refractivity contribution in [1.29, 1.82) is 0 Å². The second-order valence-electron chi connectivity index (χ2n) is 5.45. The molecule has 1 atom stereocenters. The van der Waals surface area contributed by atoms with Gasteiger partial charge in [-0.15, -0.1) is 0 Å². The predicted octanol–water partition coefficient (Wildman–Crippen LogP) is 4.19. The largest absolute Gasteiger partial charge is 0.383 e. The number of hydrogen-bond acceptors (Lipinski definition) is 3. The highest BCUT2D eigenvalue weighted by molar-refractivity contribution is 6.31. The molecule has 1 unspecified atom stereocenters. The van der Waals surface area contributed by atoms with E-state index in [1.54, 1.807) is 13.3 Å². The zero-order chi connectivity index (χ0) is 15.5. The summed E-state index contributed by atoms with van der Waals surface area (Å²) < 4.78 is 7.14. The fourth-order valence-electron chi connectivity index (χ4n) is 2.50. The van der Waals surface area contributed by atoms with Crippen LogP contribution in [0.15, 0.2) is 6.20 Å². The van der Waals surface area contributed by atoms with E-state index in [2.05, 4.69) is 24.3 Å². The molecular weight excluding hydrogens is 286 g/mol. The Balaban J connectivity index is 2.73. The molecule has 0 aromatic carbocycles. The molecule has 0 fully saturated rings. The summed E-state index contributed by atoms with van der Waals surface area (Å²) in [6.07, 6.45) is 9.05. The van der Waals surface area contributed by atoms with Gasteiger partial charge >= 0.3 is 0 Å². The molecule has 0 saturated carbocycles. The second kappa shape index (κ2) is 11.0. The topological polar surface area (TPSA) is 39.1 Å². The summed E-state index contributed by atoms with van der Waals surface area (Å²) in [6, 6.07) is 0.286. The van der Waals surface area contributed by atoms with Crippen LogP contribution in [0.1, 0.15) is 64.1 Å². The van der Waals surface area contributed by atoms with Gasteiger partial charge in [0.15, 0.2) is 0 Å². The summed E-state index contributed by atoms with van der Waals surface area (Å²) in [5.74, 6) is 0. The van der Waals surface area contributed by atoms with E-state index >= 15 is 0 Å². The number of hydrogen-bond donors (Lipinski definition) is 1. The minimum absolute atomic E-state index is 0.286. The Morgan fingerprint density at radius 1 is 1.29 bits per heavy atom. The molecule has 4 nitrogen and oxygen atoms in total. The van der Waals surface area contributed by atoms with E-state index in [0.717, 1.165) is 36.6 Å². The van der Waals surface area contributed by atoms with Crippen molar-refractivity contribution in [3.63, 3.8) is 0 Å². The van der Waals surface area contributed by atoms with Gasteiger partial charge in [-0.05, 0) is 19.4 Å². The van der Waals surface area contributed by atoms with Gasteiger partial charge in [0, 0.05) is 7.11 Å². The molecule has 1 heterocycles. The number of unbranched alkanes of at least 4 members (excludes halogenated alkanes) is 3. The van der Waals surface area contributed by atoms with Crippen LogP contribution in [0, 0.1) is 0 Å². The summed E-state index contributed by atoms with van der Waals surface area (Å²) in [5, 5.41) is 8.77. The number of methoxy groups -OCH3 is 1. The number of nitrogens with zero attached hydrogens (tertiary/aromatic N) is 2. The molecule has 0 radical (unpaired) electrons. The Morgan fingerprint density at radius 2 is 2.10 bits per heavy atom. The third-order valence-electron chi connectivity index (χ3n) is 3.66. The van der Waals surface area contributed by atoms with E-state index in [1.807, 2.05) is 4.68 Å². The molecule has 0 aliphatic heterocycles. The smallest absolute Gasteiger partial charge is 0.0834 e. The average Bonchev–Trinajstić information content (AvgIpc) is 2.85. The molecule has 122 valence electrons. The summed E-state index contributed by atoms with van der Waals surface area (Å²) in [7, 11) is 1.71. The van der Waals surface area contributed by atoms with Crippen molar-refractivity contribution in [3.05, 3.63) is 16.9 Å². The van der Waals surface area contributed by atoms with Gasteiger partial charge < -0.3 is 10.1 Å². The van der Waals surface area contributed by atoms with Crippen LogP contribution in [-0.4, -0.2) is 30.0 Å². The first-order valence-electron chi connectivity index (χ1n) is 8.18. The third kappa shape index (κ3) is 6.37. The van der Waals surface area contributed by atoms with Crippen molar-refractivity contribution in [2.75, 3.05) is 20.3 Å². The molecule has 0 saturated heterocycles. The van der Waals surface area contributed by atoms with Gasteiger partial charge in [0.1, 0.15) is 0 Å². The predicted molar refractivity (Wildman–Crippen MR) is 88.9 cm³/mol. The highest BCUT2D eigenvalue weighted by Gasteiger charge is 2.19. The van der Waals surface area contributed by atoms with E-state index in [4.69, 9.17) is 16.3 Å². The first kappa shape index (κ1) is 18.5. The van der Waals surface area contributed by atoms with Crippen LogP contribution in [0.2, 0.25) is 5.02 Å². The molecule has 0 spiro atoms. The van der Waals surface area contributed by atoms with Crippen LogP contribution in [0.5, 0.6) is 0 Å². The van der Waals surface area contributed by atoms with Crippen molar-refractivity contribution >= 4 is 11.6 Å². The molecular formula is C16H30ClN3O. The van der Waals surface area contributed by atoms with Crippen LogP contribution in [0.4, 0.5) is 0 Å². The molecule has 0 aliphatic rings. The Morgan fingerprint density at radius 3 is 2.76 bits per heavy atom. The summed E-state index contributed by atoms with van der Waals surface area (Å²) in [5.41, 5.74) is 1.11. The number of ether oxygens (including phenoxy) is 1. The number of halogens is 1. The lowest BCUT2D eigenvalue weighted by molar-refractivity contribution is 0.181. The number of rotatable bonds is 12. The van der Waals surface area contributed by atoms with E-state index in [9.17, 15) is 0 Å². The Hall–Kier alpha value is -0.580. The highest BCUT2D eigenvalue weighted by atomic mass is 35.5. The first-order chi connectivity index (χ1) is 10.2. The lowest BCUT2D eigenvalue weighted by atomic mass is 10.0. The highest BCUT2D eigenvalue weighted by Crippen LogP contribution is 2.27. The lowest BCUT2D eigenvalue weighted by Crippen LogP contribution is -2.26. The Kier molecular flexibility index (Phi) is 9.72. The third-order valence-corrected chi connectivity index (χ3v) is 3.95. The van der Waals surface area contributed by atoms with Crippen molar-refractivity contribution in [2.24, 2.45) is 0 Å². The van der Waals surface area contributed by atoms with Crippen LogP contribution in [0.25, 0.3) is 0 Å². The SMILES string of the molecule is CCCCCCC(NCCC)c1c(Cl)cnn1CCOC.